The van der Waals surface area contributed by atoms with Gasteiger partial charge in [0.2, 0.25) is 0 Å². The van der Waals surface area contributed by atoms with Gasteiger partial charge in [0.1, 0.15) is 5.82 Å². The Bertz CT molecular complexity index is 288. The first-order valence-corrected chi connectivity index (χ1v) is 4.77. The van der Waals surface area contributed by atoms with E-state index in [0.717, 1.165) is 0 Å². The van der Waals surface area contributed by atoms with Crippen molar-refractivity contribution in [3.05, 3.63) is 35.6 Å². The minimum absolute atomic E-state index is 0.0780. The van der Waals surface area contributed by atoms with Gasteiger partial charge >= 0.3 is 0 Å². The normalized spacial score (nSPS) is 15.1. The molecule has 3 heteroatoms. The number of hydrogen-bond donors (Lipinski definition) is 2. The molecule has 0 aliphatic rings. The van der Waals surface area contributed by atoms with Crippen molar-refractivity contribution in [1.29, 1.82) is 0 Å². The first kappa shape index (κ1) is 11.1. The molecule has 0 amide bonds. The Morgan fingerprint density at radius 1 is 1.36 bits per heavy atom. The molecular weight excluding hydrogens is 181 g/mol. The summed E-state index contributed by atoms with van der Waals surface area (Å²) < 4.78 is 13.3. The van der Waals surface area contributed by atoms with Crippen LogP contribution in [0, 0.1) is 5.82 Å². The third-order valence-corrected chi connectivity index (χ3v) is 2.09. The van der Waals surface area contributed by atoms with Gasteiger partial charge in [-0.05, 0) is 19.9 Å². The molecule has 0 aliphatic carbocycles. The predicted octanol–water partition coefficient (Wildman–Crippen LogP) is 1.86. The van der Waals surface area contributed by atoms with E-state index in [0.29, 0.717) is 12.1 Å². The highest BCUT2D eigenvalue weighted by Gasteiger charge is 2.09. The van der Waals surface area contributed by atoms with Crippen molar-refractivity contribution in [1.82, 2.24) is 5.32 Å². The average molecular weight is 197 g/mol. The van der Waals surface area contributed by atoms with Crippen LogP contribution in [-0.4, -0.2) is 17.8 Å². The Labute approximate surface area is 83.8 Å². The van der Waals surface area contributed by atoms with Gasteiger partial charge in [-0.1, -0.05) is 18.2 Å². The van der Waals surface area contributed by atoms with Gasteiger partial charge < -0.3 is 10.4 Å². The highest BCUT2D eigenvalue weighted by atomic mass is 19.1. The SMILES string of the molecule is CC(O)CN[C@H](C)c1ccccc1F. The van der Waals surface area contributed by atoms with Crippen molar-refractivity contribution in [2.75, 3.05) is 6.54 Å². The van der Waals surface area contributed by atoms with E-state index < -0.39 is 6.10 Å². The molecule has 1 aromatic rings. The van der Waals surface area contributed by atoms with Gasteiger partial charge in [0.25, 0.3) is 0 Å². The lowest BCUT2D eigenvalue weighted by Crippen LogP contribution is -2.27. The molecule has 2 atom stereocenters. The fourth-order valence-corrected chi connectivity index (χ4v) is 1.28. The summed E-state index contributed by atoms with van der Waals surface area (Å²) in [4.78, 5) is 0. The Kier molecular flexibility index (Phi) is 4.04. The molecule has 0 aliphatic heterocycles. The lowest BCUT2D eigenvalue weighted by molar-refractivity contribution is 0.187. The third-order valence-electron chi connectivity index (χ3n) is 2.09. The Balaban J connectivity index is 2.60. The number of hydrogen-bond acceptors (Lipinski definition) is 2. The van der Waals surface area contributed by atoms with Gasteiger partial charge in [-0.3, -0.25) is 0 Å². The highest BCUT2D eigenvalue weighted by Crippen LogP contribution is 2.15. The number of rotatable bonds is 4. The van der Waals surface area contributed by atoms with E-state index >= 15 is 0 Å². The minimum Gasteiger partial charge on any atom is -0.392 e. The van der Waals surface area contributed by atoms with Gasteiger partial charge in [-0.2, -0.15) is 0 Å². The zero-order chi connectivity index (χ0) is 10.6. The summed E-state index contributed by atoms with van der Waals surface area (Å²) >= 11 is 0. The summed E-state index contributed by atoms with van der Waals surface area (Å²) in [6.07, 6.45) is -0.413. The summed E-state index contributed by atoms with van der Waals surface area (Å²) in [7, 11) is 0. The quantitative estimate of drug-likeness (QED) is 0.772. The molecule has 0 saturated heterocycles. The first-order valence-electron chi connectivity index (χ1n) is 4.77. The van der Waals surface area contributed by atoms with Crippen LogP contribution in [0.1, 0.15) is 25.5 Å². The first-order chi connectivity index (χ1) is 6.61. The number of nitrogens with one attached hydrogen (secondary N) is 1. The molecule has 0 spiro atoms. The van der Waals surface area contributed by atoms with Crippen LogP contribution in [0.25, 0.3) is 0 Å². The molecule has 14 heavy (non-hydrogen) atoms. The van der Waals surface area contributed by atoms with Crippen LogP contribution in [0.2, 0.25) is 0 Å². The molecule has 2 N–H and O–H groups in total. The molecule has 0 heterocycles. The smallest absolute Gasteiger partial charge is 0.127 e. The molecule has 1 rings (SSSR count). The van der Waals surface area contributed by atoms with Gasteiger partial charge in [0, 0.05) is 18.2 Å². The molecule has 78 valence electrons. The maximum atomic E-state index is 13.3. The van der Waals surface area contributed by atoms with E-state index in [-0.39, 0.29) is 11.9 Å². The van der Waals surface area contributed by atoms with Crippen molar-refractivity contribution >= 4 is 0 Å². The number of aliphatic hydroxyl groups excluding tert-OH is 1. The van der Waals surface area contributed by atoms with Crippen molar-refractivity contribution in [2.45, 2.75) is 26.0 Å². The zero-order valence-electron chi connectivity index (χ0n) is 8.50. The van der Waals surface area contributed by atoms with Crippen molar-refractivity contribution in [3.8, 4) is 0 Å². The number of halogens is 1. The van der Waals surface area contributed by atoms with Crippen molar-refractivity contribution in [2.24, 2.45) is 0 Å². The van der Waals surface area contributed by atoms with Gasteiger partial charge in [-0.15, -0.1) is 0 Å². The second-order valence-electron chi connectivity index (χ2n) is 3.50. The summed E-state index contributed by atoms with van der Waals surface area (Å²) in [6.45, 7) is 4.04. The van der Waals surface area contributed by atoms with E-state index in [9.17, 15) is 4.39 Å². The number of benzene rings is 1. The molecule has 1 unspecified atom stereocenters. The second kappa shape index (κ2) is 5.08. The molecule has 2 nitrogen and oxygen atoms in total. The zero-order valence-corrected chi connectivity index (χ0v) is 8.50. The summed E-state index contributed by atoms with van der Waals surface area (Å²) in [5.41, 5.74) is 0.633. The maximum Gasteiger partial charge on any atom is 0.127 e. The molecule has 0 bridgehead atoms. The van der Waals surface area contributed by atoms with Crippen LogP contribution in [0.5, 0.6) is 0 Å². The minimum atomic E-state index is -0.413. The van der Waals surface area contributed by atoms with Gasteiger partial charge in [-0.25, -0.2) is 4.39 Å². The third kappa shape index (κ3) is 3.09. The van der Waals surface area contributed by atoms with E-state index in [1.54, 1.807) is 25.1 Å². The standard InChI is InChI=1S/C11H16FNO/c1-8(14)7-13-9(2)10-5-3-4-6-11(10)12/h3-6,8-9,13-14H,7H2,1-2H3/t8?,9-/m1/s1. The van der Waals surface area contributed by atoms with Crippen molar-refractivity contribution < 1.29 is 9.50 Å². The lowest BCUT2D eigenvalue weighted by Gasteiger charge is -2.15. The highest BCUT2D eigenvalue weighted by molar-refractivity contribution is 5.20. The fraction of sp³-hybridized carbons (Fsp3) is 0.455. The summed E-state index contributed by atoms with van der Waals surface area (Å²) in [6, 6.07) is 6.58. The number of aliphatic hydroxyl groups is 1. The van der Waals surface area contributed by atoms with Crippen molar-refractivity contribution in [3.63, 3.8) is 0 Å². The topological polar surface area (TPSA) is 32.3 Å². The van der Waals surface area contributed by atoms with Crippen LogP contribution in [0.15, 0.2) is 24.3 Å². The molecule has 0 aromatic heterocycles. The van der Waals surface area contributed by atoms with Crippen LogP contribution in [-0.2, 0) is 0 Å². The summed E-state index contributed by atoms with van der Waals surface area (Å²) in [5.74, 6) is -0.210. The molecule has 1 aromatic carbocycles. The second-order valence-corrected chi connectivity index (χ2v) is 3.50. The lowest BCUT2D eigenvalue weighted by atomic mass is 10.1. The largest absolute Gasteiger partial charge is 0.392 e. The fourth-order valence-electron chi connectivity index (χ4n) is 1.28. The van der Waals surface area contributed by atoms with Crippen LogP contribution in [0.3, 0.4) is 0 Å². The average Bonchev–Trinajstić information content (AvgIpc) is 2.15. The Morgan fingerprint density at radius 2 is 2.00 bits per heavy atom. The summed E-state index contributed by atoms with van der Waals surface area (Å²) in [5, 5.41) is 12.1. The Hall–Kier alpha value is -0.930. The van der Waals surface area contributed by atoms with E-state index in [1.807, 2.05) is 6.92 Å². The van der Waals surface area contributed by atoms with Crippen LogP contribution in [0.4, 0.5) is 4.39 Å². The van der Waals surface area contributed by atoms with Gasteiger partial charge in [0.15, 0.2) is 0 Å². The van der Waals surface area contributed by atoms with Crippen LogP contribution < -0.4 is 5.32 Å². The van der Waals surface area contributed by atoms with Gasteiger partial charge in [0.05, 0.1) is 6.10 Å². The van der Waals surface area contributed by atoms with E-state index in [4.69, 9.17) is 5.11 Å². The monoisotopic (exact) mass is 197 g/mol. The maximum absolute atomic E-state index is 13.3. The van der Waals surface area contributed by atoms with E-state index in [2.05, 4.69) is 5.32 Å². The predicted molar refractivity (Wildman–Crippen MR) is 54.5 cm³/mol. The molecule has 0 saturated carbocycles. The van der Waals surface area contributed by atoms with Crippen LogP contribution >= 0.6 is 0 Å². The molecule has 0 fully saturated rings. The molecule has 0 radical (unpaired) electrons. The van der Waals surface area contributed by atoms with E-state index in [1.165, 1.54) is 6.07 Å². The Morgan fingerprint density at radius 3 is 2.57 bits per heavy atom. The molecular formula is C11H16FNO.